The van der Waals surface area contributed by atoms with Gasteiger partial charge >= 0.3 is 0 Å². The van der Waals surface area contributed by atoms with Crippen LogP contribution in [0.5, 0.6) is 11.5 Å². The Balaban J connectivity index is 2.87. The van der Waals surface area contributed by atoms with Gasteiger partial charge < -0.3 is 9.84 Å². The highest BCUT2D eigenvalue weighted by Gasteiger charge is 2.10. The second-order valence-electron chi connectivity index (χ2n) is 2.61. The van der Waals surface area contributed by atoms with Crippen LogP contribution in [0.3, 0.4) is 0 Å². The second kappa shape index (κ2) is 3.12. The largest absolute Gasteiger partial charge is 0.505 e. The number of phenols is 1. The van der Waals surface area contributed by atoms with Crippen molar-refractivity contribution in [2.24, 2.45) is 0 Å². The molecule has 4 heteroatoms. The van der Waals surface area contributed by atoms with Gasteiger partial charge in [0.1, 0.15) is 11.5 Å². The molecule has 68 valence electrons. The monoisotopic (exact) mass is 212 g/mol. The lowest BCUT2D eigenvalue weighted by atomic mass is 10.2. The van der Waals surface area contributed by atoms with E-state index < -0.39 is 0 Å². The molecule has 0 unspecified atom stereocenters. The van der Waals surface area contributed by atoms with Crippen molar-refractivity contribution < 1.29 is 9.84 Å². The number of phenolic OH excluding ortho intramolecular Hbond substituents is 1. The van der Waals surface area contributed by atoms with Gasteiger partial charge in [-0.1, -0.05) is 0 Å². The van der Waals surface area contributed by atoms with Crippen molar-refractivity contribution in [3.05, 3.63) is 17.5 Å². The number of rotatable bonds is 1. The van der Waals surface area contributed by atoms with Crippen LogP contribution in [-0.4, -0.2) is 12.2 Å². The topological polar surface area (TPSA) is 29.5 Å². The van der Waals surface area contributed by atoms with E-state index in [0.29, 0.717) is 4.90 Å². The Labute approximate surface area is 85.2 Å². The van der Waals surface area contributed by atoms with Crippen LogP contribution in [0.2, 0.25) is 0 Å². The zero-order valence-corrected chi connectivity index (χ0v) is 8.65. The molecule has 2 rings (SSSR count). The average Bonchev–Trinajstić information content (AvgIpc) is 2.60. The van der Waals surface area contributed by atoms with E-state index in [2.05, 4.69) is 12.6 Å². The molecule has 0 aliphatic rings. The molecule has 0 amide bonds. The summed E-state index contributed by atoms with van der Waals surface area (Å²) in [4.78, 5) is 0.548. The van der Waals surface area contributed by atoms with Crippen molar-refractivity contribution in [1.29, 1.82) is 0 Å². The van der Waals surface area contributed by atoms with Crippen molar-refractivity contribution in [1.82, 2.24) is 0 Å². The maximum absolute atomic E-state index is 9.65. The van der Waals surface area contributed by atoms with Crippen molar-refractivity contribution in [2.45, 2.75) is 4.90 Å². The van der Waals surface area contributed by atoms with Gasteiger partial charge in [-0.15, -0.1) is 24.0 Å². The molecule has 0 radical (unpaired) electrons. The summed E-state index contributed by atoms with van der Waals surface area (Å²) in [6, 6.07) is 3.64. The first kappa shape index (κ1) is 8.72. The predicted molar refractivity (Wildman–Crippen MR) is 57.3 cm³/mol. The van der Waals surface area contributed by atoms with E-state index in [9.17, 15) is 5.11 Å². The van der Waals surface area contributed by atoms with E-state index in [4.69, 9.17) is 4.74 Å². The minimum Gasteiger partial charge on any atom is -0.505 e. The van der Waals surface area contributed by atoms with Gasteiger partial charge in [0.05, 0.1) is 16.7 Å². The number of hydrogen-bond donors (Lipinski definition) is 2. The summed E-state index contributed by atoms with van der Waals surface area (Å²) in [7, 11) is 1.61. The Bertz CT molecular complexity index is 448. The van der Waals surface area contributed by atoms with Gasteiger partial charge in [0.2, 0.25) is 0 Å². The average molecular weight is 212 g/mol. The van der Waals surface area contributed by atoms with Gasteiger partial charge in [-0.05, 0) is 17.5 Å². The molecule has 1 aromatic heterocycles. The van der Waals surface area contributed by atoms with E-state index in [-0.39, 0.29) is 5.75 Å². The first-order valence-electron chi connectivity index (χ1n) is 3.70. The maximum Gasteiger partial charge on any atom is 0.146 e. The number of methoxy groups -OCH3 is 1. The Morgan fingerprint density at radius 2 is 2.31 bits per heavy atom. The van der Waals surface area contributed by atoms with Gasteiger partial charge in [-0.2, -0.15) is 0 Å². The molecule has 2 nitrogen and oxygen atoms in total. The fourth-order valence-corrected chi connectivity index (χ4v) is 2.40. The Kier molecular flexibility index (Phi) is 2.09. The number of ether oxygens (including phenoxy) is 1. The molecular formula is C9H8O2S2. The molecule has 0 spiro atoms. The van der Waals surface area contributed by atoms with Gasteiger partial charge in [-0.25, -0.2) is 0 Å². The standard InChI is InChI=1S/C9H8O2S2/c1-11-6-4-7(12)8(10)9-5(6)2-3-13-9/h2-4,10,12H,1H3. The molecule has 0 aliphatic carbocycles. The number of aromatic hydroxyl groups is 1. The lowest BCUT2D eigenvalue weighted by Crippen LogP contribution is -1.83. The van der Waals surface area contributed by atoms with Crippen LogP contribution in [0.1, 0.15) is 0 Å². The molecule has 1 heterocycles. The fraction of sp³-hybridized carbons (Fsp3) is 0.111. The van der Waals surface area contributed by atoms with E-state index in [1.807, 2.05) is 11.4 Å². The summed E-state index contributed by atoms with van der Waals surface area (Å²) in [5, 5.41) is 12.5. The van der Waals surface area contributed by atoms with Crippen molar-refractivity contribution in [3.8, 4) is 11.5 Å². The molecule has 1 aromatic carbocycles. The molecule has 0 aliphatic heterocycles. The van der Waals surface area contributed by atoms with Crippen LogP contribution in [0.15, 0.2) is 22.4 Å². The summed E-state index contributed by atoms with van der Waals surface area (Å²) in [6.45, 7) is 0. The molecular weight excluding hydrogens is 204 g/mol. The van der Waals surface area contributed by atoms with Gasteiger partial charge in [-0.3, -0.25) is 0 Å². The minimum atomic E-state index is 0.231. The Morgan fingerprint density at radius 1 is 1.54 bits per heavy atom. The molecule has 1 N–H and O–H groups in total. The summed E-state index contributed by atoms with van der Waals surface area (Å²) in [5.41, 5.74) is 0. The third-order valence-electron chi connectivity index (χ3n) is 1.88. The number of benzene rings is 1. The van der Waals surface area contributed by atoms with Crippen LogP contribution < -0.4 is 4.74 Å². The molecule has 2 aromatic rings. The molecule has 0 atom stereocenters. The molecule has 0 saturated heterocycles. The van der Waals surface area contributed by atoms with E-state index >= 15 is 0 Å². The maximum atomic E-state index is 9.65. The minimum absolute atomic E-state index is 0.231. The highest BCUT2D eigenvalue weighted by Crippen LogP contribution is 2.40. The predicted octanol–water partition coefficient (Wildman–Crippen LogP) is 2.90. The SMILES string of the molecule is COc1cc(S)c(O)c2sccc12. The van der Waals surface area contributed by atoms with Crippen molar-refractivity contribution in [3.63, 3.8) is 0 Å². The first-order chi connectivity index (χ1) is 6.24. The number of thiol groups is 1. The molecule has 0 fully saturated rings. The van der Waals surface area contributed by atoms with Crippen LogP contribution in [0, 0.1) is 0 Å². The molecule has 13 heavy (non-hydrogen) atoms. The highest BCUT2D eigenvalue weighted by molar-refractivity contribution is 7.80. The summed E-state index contributed by atoms with van der Waals surface area (Å²) in [5.74, 6) is 0.980. The van der Waals surface area contributed by atoms with Crippen LogP contribution in [0.25, 0.3) is 10.1 Å². The third kappa shape index (κ3) is 1.26. The Morgan fingerprint density at radius 3 is 3.00 bits per heavy atom. The molecule has 0 saturated carbocycles. The smallest absolute Gasteiger partial charge is 0.146 e. The lowest BCUT2D eigenvalue weighted by Gasteiger charge is -2.05. The zero-order chi connectivity index (χ0) is 9.42. The third-order valence-corrected chi connectivity index (χ3v) is 3.14. The lowest BCUT2D eigenvalue weighted by molar-refractivity contribution is 0.416. The Hall–Kier alpha value is -0.870. The normalized spacial score (nSPS) is 10.6. The summed E-state index contributed by atoms with van der Waals surface area (Å²) >= 11 is 5.63. The van der Waals surface area contributed by atoms with Crippen LogP contribution in [-0.2, 0) is 0 Å². The molecule has 0 bridgehead atoms. The van der Waals surface area contributed by atoms with Gasteiger partial charge in [0.25, 0.3) is 0 Å². The summed E-state index contributed by atoms with van der Waals surface area (Å²) < 4.78 is 5.99. The zero-order valence-electron chi connectivity index (χ0n) is 6.94. The van der Waals surface area contributed by atoms with E-state index in [1.54, 1.807) is 13.2 Å². The van der Waals surface area contributed by atoms with E-state index in [1.165, 1.54) is 11.3 Å². The van der Waals surface area contributed by atoms with Gasteiger partial charge in [0.15, 0.2) is 0 Å². The number of fused-ring (bicyclic) bond motifs is 1. The van der Waals surface area contributed by atoms with Crippen LogP contribution in [0.4, 0.5) is 0 Å². The first-order valence-corrected chi connectivity index (χ1v) is 5.03. The fourth-order valence-electron chi connectivity index (χ4n) is 1.24. The van der Waals surface area contributed by atoms with Crippen LogP contribution >= 0.6 is 24.0 Å². The van der Waals surface area contributed by atoms with Gasteiger partial charge in [0, 0.05) is 5.39 Å². The van der Waals surface area contributed by atoms with E-state index in [0.717, 1.165) is 15.8 Å². The van der Waals surface area contributed by atoms with Crippen molar-refractivity contribution >= 4 is 34.1 Å². The number of thiophene rings is 1. The quantitative estimate of drug-likeness (QED) is 0.712. The van der Waals surface area contributed by atoms with Crippen molar-refractivity contribution in [2.75, 3.05) is 7.11 Å². The highest BCUT2D eigenvalue weighted by atomic mass is 32.1. The number of hydrogen-bond acceptors (Lipinski definition) is 4. The summed E-state index contributed by atoms with van der Waals surface area (Å²) in [6.07, 6.45) is 0. The second-order valence-corrected chi connectivity index (χ2v) is 4.01.